The van der Waals surface area contributed by atoms with E-state index in [1.807, 2.05) is 0 Å². The topological polar surface area (TPSA) is 101 Å². The van der Waals surface area contributed by atoms with Gasteiger partial charge in [-0.3, -0.25) is 10.1 Å². The Morgan fingerprint density at radius 3 is 2.61 bits per heavy atom. The maximum Gasteiger partial charge on any atom is 0.289 e. The first kappa shape index (κ1) is 14.8. The van der Waals surface area contributed by atoms with Gasteiger partial charge in [0.2, 0.25) is 10.0 Å². The van der Waals surface area contributed by atoms with Crippen molar-refractivity contribution in [2.75, 3.05) is 20.1 Å². The van der Waals surface area contributed by atoms with Crippen LogP contribution in [-0.2, 0) is 10.0 Å². The molecule has 0 unspecified atom stereocenters. The standard InChI is InChI=1S/C9H12ClN3O4S/c1-11-4-5-12-18(16,17)9-6-7(10)2-3-8(9)13(14)15/h2-3,6,11-12H,4-5H2,1H3. The molecule has 0 saturated carbocycles. The number of hydrogen-bond acceptors (Lipinski definition) is 5. The third-order valence-electron chi connectivity index (χ3n) is 2.08. The van der Waals surface area contributed by atoms with Gasteiger partial charge in [-0.1, -0.05) is 11.6 Å². The maximum atomic E-state index is 11.9. The molecule has 7 nitrogen and oxygen atoms in total. The molecule has 0 bridgehead atoms. The van der Waals surface area contributed by atoms with E-state index < -0.39 is 25.5 Å². The minimum atomic E-state index is -3.95. The molecule has 1 aromatic rings. The Kier molecular flexibility index (Phi) is 5.03. The van der Waals surface area contributed by atoms with E-state index in [0.717, 1.165) is 12.1 Å². The van der Waals surface area contributed by atoms with Gasteiger partial charge in [-0.2, -0.15) is 0 Å². The number of nitrogens with one attached hydrogen (secondary N) is 2. The van der Waals surface area contributed by atoms with Crippen LogP contribution < -0.4 is 10.0 Å². The summed E-state index contributed by atoms with van der Waals surface area (Å²) in [6.07, 6.45) is 0. The first-order chi connectivity index (χ1) is 8.38. The monoisotopic (exact) mass is 293 g/mol. The number of likely N-dealkylation sites (N-methyl/N-ethyl adjacent to an activating group) is 1. The molecule has 0 heterocycles. The molecular weight excluding hydrogens is 282 g/mol. The second kappa shape index (κ2) is 6.10. The molecule has 2 N–H and O–H groups in total. The van der Waals surface area contributed by atoms with Gasteiger partial charge in [0.25, 0.3) is 5.69 Å². The molecular formula is C9H12ClN3O4S. The number of hydrogen-bond donors (Lipinski definition) is 2. The highest BCUT2D eigenvalue weighted by Crippen LogP contribution is 2.26. The molecule has 0 atom stereocenters. The zero-order valence-electron chi connectivity index (χ0n) is 9.51. The van der Waals surface area contributed by atoms with Crippen LogP contribution in [0.4, 0.5) is 5.69 Å². The molecule has 18 heavy (non-hydrogen) atoms. The highest BCUT2D eigenvalue weighted by atomic mass is 35.5. The van der Waals surface area contributed by atoms with Crippen molar-refractivity contribution >= 4 is 27.3 Å². The Morgan fingerprint density at radius 2 is 2.06 bits per heavy atom. The quantitative estimate of drug-likeness (QED) is 0.458. The Morgan fingerprint density at radius 1 is 1.39 bits per heavy atom. The van der Waals surface area contributed by atoms with E-state index in [9.17, 15) is 18.5 Å². The number of nitro benzene ring substituents is 1. The molecule has 0 aromatic heterocycles. The zero-order valence-corrected chi connectivity index (χ0v) is 11.1. The second-order valence-electron chi connectivity index (χ2n) is 3.37. The van der Waals surface area contributed by atoms with Crippen LogP contribution in [0.15, 0.2) is 23.1 Å². The molecule has 0 fully saturated rings. The number of benzene rings is 1. The van der Waals surface area contributed by atoms with Gasteiger partial charge in [0.1, 0.15) is 0 Å². The van der Waals surface area contributed by atoms with E-state index in [-0.39, 0.29) is 11.6 Å². The second-order valence-corrected chi connectivity index (χ2v) is 5.54. The van der Waals surface area contributed by atoms with Crippen molar-refractivity contribution in [3.8, 4) is 0 Å². The third kappa shape index (κ3) is 3.64. The van der Waals surface area contributed by atoms with Crippen molar-refractivity contribution in [3.05, 3.63) is 33.3 Å². The fourth-order valence-corrected chi connectivity index (χ4v) is 2.71. The van der Waals surface area contributed by atoms with Crippen LogP contribution in [0.2, 0.25) is 5.02 Å². The predicted molar refractivity (Wildman–Crippen MR) is 67.2 cm³/mol. The fourth-order valence-electron chi connectivity index (χ4n) is 1.24. The SMILES string of the molecule is CNCCNS(=O)(=O)c1cc(Cl)ccc1[N+](=O)[O-]. The first-order valence-electron chi connectivity index (χ1n) is 4.96. The third-order valence-corrected chi connectivity index (χ3v) is 3.80. The molecule has 1 aromatic carbocycles. The maximum absolute atomic E-state index is 11.9. The summed E-state index contributed by atoms with van der Waals surface area (Å²) < 4.78 is 26.0. The zero-order chi connectivity index (χ0) is 13.8. The number of halogens is 1. The average Bonchev–Trinajstić information content (AvgIpc) is 2.28. The highest BCUT2D eigenvalue weighted by Gasteiger charge is 2.25. The molecule has 0 aliphatic carbocycles. The molecule has 0 saturated heterocycles. The van der Waals surface area contributed by atoms with Crippen molar-refractivity contribution in [3.63, 3.8) is 0 Å². The normalized spacial score (nSPS) is 11.4. The van der Waals surface area contributed by atoms with Gasteiger partial charge >= 0.3 is 0 Å². The lowest BCUT2D eigenvalue weighted by Gasteiger charge is -2.07. The molecule has 1 rings (SSSR count). The Balaban J connectivity index is 3.14. The summed E-state index contributed by atoms with van der Waals surface area (Å²) in [5.41, 5.74) is -0.503. The smallest absolute Gasteiger partial charge is 0.289 e. The molecule has 9 heteroatoms. The number of nitrogens with zero attached hydrogens (tertiary/aromatic N) is 1. The van der Waals surface area contributed by atoms with E-state index in [2.05, 4.69) is 10.0 Å². The highest BCUT2D eigenvalue weighted by molar-refractivity contribution is 7.89. The largest absolute Gasteiger partial charge is 0.318 e. The van der Waals surface area contributed by atoms with Crippen LogP contribution >= 0.6 is 11.6 Å². The van der Waals surface area contributed by atoms with Crippen LogP contribution in [-0.4, -0.2) is 33.5 Å². The molecule has 0 radical (unpaired) electrons. The van der Waals surface area contributed by atoms with E-state index in [1.54, 1.807) is 7.05 Å². The molecule has 0 amide bonds. The first-order valence-corrected chi connectivity index (χ1v) is 6.83. The van der Waals surface area contributed by atoms with Crippen LogP contribution in [0.25, 0.3) is 0 Å². The number of nitro groups is 1. The van der Waals surface area contributed by atoms with Crippen LogP contribution in [0.3, 0.4) is 0 Å². The summed E-state index contributed by atoms with van der Waals surface area (Å²) in [6.45, 7) is 0.538. The van der Waals surface area contributed by atoms with E-state index >= 15 is 0 Å². The van der Waals surface area contributed by atoms with Gasteiger partial charge in [0.15, 0.2) is 4.90 Å². The number of sulfonamides is 1. The fraction of sp³-hybridized carbons (Fsp3) is 0.333. The van der Waals surface area contributed by atoms with Crippen molar-refractivity contribution in [1.29, 1.82) is 0 Å². The predicted octanol–water partition coefficient (Wildman–Crippen LogP) is 0.746. The number of rotatable bonds is 6. The van der Waals surface area contributed by atoms with Crippen molar-refractivity contribution in [1.82, 2.24) is 10.0 Å². The minimum Gasteiger partial charge on any atom is -0.318 e. The van der Waals surface area contributed by atoms with Crippen LogP contribution in [0.5, 0.6) is 0 Å². The minimum absolute atomic E-state index is 0.120. The van der Waals surface area contributed by atoms with Gasteiger partial charge in [-0.25, -0.2) is 13.1 Å². The van der Waals surface area contributed by atoms with E-state index in [1.165, 1.54) is 6.07 Å². The Hall–Kier alpha value is -1.22. The summed E-state index contributed by atoms with van der Waals surface area (Å²) in [6, 6.07) is 3.39. The summed E-state index contributed by atoms with van der Waals surface area (Å²) in [5, 5.41) is 13.6. The summed E-state index contributed by atoms with van der Waals surface area (Å²) in [5.74, 6) is 0. The van der Waals surface area contributed by atoms with Gasteiger partial charge in [-0.15, -0.1) is 0 Å². The molecule has 0 spiro atoms. The van der Waals surface area contributed by atoms with Gasteiger partial charge < -0.3 is 5.32 Å². The van der Waals surface area contributed by atoms with Gasteiger partial charge in [-0.05, 0) is 19.2 Å². The van der Waals surface area contributed by atoms with Crippen LogP contribution in [0.1, 0.15) is 0 Å². The lowest BCUT2D eigenvalue weighted by Crippen LogP contribution is -2.30. The molecule has 100 valence electrons. The molecule has 0 aliphatic rings. The van der Waals surface area contributed by atoms with Crippen molar-refractivity contribution in [2.24, 2.45) is 0 Å². The van der Waals surface area contributed by atoms with E-state index in [4.69, 9.17) is 11.6 Å². The van der Waals surface area contributed by atoms with Crippen LogP contribution in [0, 0.1) is 10.1 Å². The Labute approximate surface area is 109 Å². The van der Waals surface area contributed by atoms with Gasteiger partial charge in [0, 0.05) is 24.2 Å². The van der Waals surface area contributed by atoms with Crippen molar-refractivity contribution in [2.45, 2.75) is 4.90 Å². The lowest BCUT2D eigenvalue weighted by atomic mass is 10.3. The summed E-state index contributed by atoms with van der Waals surface area (Å²) in [4.78, 5) is 9.57. The van der Waals surface area contributed by atoms with E-state index in [0.29, 0.717) is 6.54 Å². The average molecular weight is 294 g/mol. The molecule has 0 aliphatic heterocycles. The summed E-state index contributed by atoms with van der Waals surface area (Å²) >= 11 is 5.66. The van der Waals surface area contributed by atoms with Gasteiger partial charge in [0.05, 0.1) is 4.92 Å². The lowest BCUT2D eigenvalue weighted by molar-refractivity contribution is -0.387. The van der Waals surface area contributed by atoms with Crippen molar-refractivity contribution < 1.29 is 13.3 Å². The Bertz CT molecular complexity index is 547. The summed E-state index contributed by atoms with van der Waals surface area (Å²) in [7, 11) is -2.28.